The van der Waals surface area contributed by atoms with Gasteiger partial charge in [0.1, 0.15) is 23.8 Å². The number of piperazine rings is 1. The number of amides is 1. The lowest BCUT2D eigenvalue weighted by Crippen LogP contribution is -2.49. The molecule has 2 aliphatic rings. The Labute approximate surface area is 172 Å². The Balaban J connectivity index is 1.27. The maximum Gasteiger partial charge on any atom is 0.222 e. The van der Waals surface area contributed by atoms with E-state index in [1.54, 1.807) is 12.5 Å². The highest BCUT2D eigenvalue weighted by Gasteiger charge is 2.23. The van der Waals surface area contributed by atoms with E-state index in [2.05, 4.69) is 25.2 Å². The van der Waals surface area contributed by atoms with Crippen molar-refractivity contribution in [2.75, 3.05) is 36.4 Å². The fraction of sp³-hybridized carbons (Fsp3) is 0.545. The summed E-state index contributed by atoms with van der Waals surface area (Å²) >= 11 is 0. The van der Waals surface area contributed by atoms with E-state index in [1.165, 1.54) is 32.1 Å². The average Bonchev–Trinajstić information content (AvgIpc) is 2.79. The van der Waals surface area contributed by atoms with Gasteiger partial charge in [-0.15, -0.1) is 0 Å². The highest BCUT2D eigenvalue weighted by Crippen LogP contribution is 2.27. The van der Waals surface area contributed by atoms with Gasteiger partial charge >= 0.3 is 0 Å². The van der Waals surface area contributed by atoms with E-state index >= 15 is 0 Å². The molecule has 154 valence electrons. The van der Waals surface area contributed by atoms with Gasteiger partial charge in [-0.2, -0.15) is 0 Å². The number of rotatable bonds is 6. The summed E-state index contributed by atoms with van der Waals surface area (Å²) in [4.78, 5) is 29.8. The minimum atomic E-state index is 0.315. The summed E-state index contributed by atoms with van der Waals surface area (Å²) in [5.74, 6) is 3.44. The van der Waals surface area contributed by atoms with E-state index in [1.807, 2.05) is 29.2 Å². The van der Waals surface area contributed by atoms with E-state index in [0.717, 1.165) is 56.0 Å². The minimum absolute atomic E-state index is 0.315. The maximum absolute atomic E-state index is 12.6. The zero-order valence-corrected chi connectivity index (χ0v) is 17.0. The molecule has 7 heteroatoms. The van der Waals surface area contributed by atoms with Gasteiger partial charge in [-0.25, -0.2) is 15.0 Å². The third-order valence-electron chi connectivity index (χ3n) is 6.02. The Morgan fingerprint density at radius 3 is 2.59 bits per heavy atom. The number of carbonyl (C=O) groups excluding carboxylic acids is 1. The van der Waals surface area contributed by atoms with Crippen LogP contribution in [0.3, 0.4) is 0 Å². The first-order valence-corrected chi connectivity index (χ1v) is 10.8. The summed E-state index contributed by atoms with van der Waals surface area (Å²) in [6.45, 7) is 3.12. The van der Waals surface area contributed by atoms with Crippen molar-refractivity contribution in [3.05, 3.63) is 36.8 Å². The van der Waals surface area contributed by atoms with Gasteiger partial charge in [0.2, 0.25) is 5.91 Å². The lowest BCUT2D eigenvalue weighted by atomic mass is 9.86. The molecule has 4 rings (SSSR count). The first-order chi connectivity index (χ1) is 14.3. The van der Waals surface area contributed by atoms with Gasteiger partial charge in [-0.3, -0.25) is 4.79 Å². The molecule has 1 saturated heterocycles. The second-order valence-corrected chi connectivity index (χ2v) is 8.01. The van der Waals surface area contributed by atoms with Crippen LogP contribution in [0.15, 0.2) is 36.8 Å². The summed E-state index contributed by atoms with van der Waals surface area (Å²) in [5, 5.41) is 3.20. The molecule has 0 atom stereocenters. The van der Waals surface area contributed by atoms with Crippen molar-refractivity contribution in [1.29, 1.82) is 0 Å². The average molecular weight is 395 g/mol. The molecule has 1 N–H and O–H groups in total. The first-order valence-electron chi connectivity index (χ1n) is 10.8. The van der Waals surface area contributed by atoms with E-state index in [-0.39, 0.29) is 0 Å². The lowest BCUT2D eigenvalue weighted by Gasteiger charge is -2.35. The molecule has 2 fully saturated rings. The number of anilines is 3. The fourth-order valence-electron chi connectivity index (χ4n) is 4.30. The molecule has 2 aromatic heterocycles. The third kappa shape index (κ3) is 5.43. The quantitative estimate of drug-likeness (QED) is 0.807. The smallest absolute Gasteiger partial charge is 0.222 e. The number of nitrogens with zero attached hydrogens (tertiary/aromatic N) is 5. The van der Waals surface area contributed by atoms with Crippen LogP contribution in [0.1, 0.15) is 44.9 Å². The molecular weight excluding hydrogens is 364 g/mol. The molecule has 0 radical (unpaired) electrons. The predicted octanol–water partition coefficient (Wildman–Crippen LogP) is 3.62. The molecule has 1 amide bonds. The highest BCUT2D eigenvalue weighted by atomic mass is 16.2. The largest absolute Gasteiger partial charge is 0.353 e. The molecule has 7 nitrogen and oxygen atoms in total. The van der Waals surface area contributed by atoms with Gasteiger partial charge in [0.25, 0.3) is 0 Å². The van der Waals surface area contributed by atoms with Crippen LogP contribution in [0, 0.1) is 5.92 Å². The molecule has 1 saturated carbocycles. The van der Waals surface area contributed by atoms with E-state index in [0.29, 0.717) is 12.3 Å². The van der Waals surface area contributed by atoms with E-state index in [4.69, 9.17) is 0 Å². The van der Waals surface area contributed by atoms with Gasteiger partial charge < -0.3 is 15.1 Å². The third-order valence-corrected chi connectivity index (χ3v) is 6.02. The van der Waals surface area contributed by atoms with Crippen molar-refractivity contribution in [3.8, 4) is 0 Å². The Bertz CT molecular complexity index is 785. The van der Waals surface area contributed by atoms with Crippen molar-refractivity contribution < 1.29 is 4.79 Å². The molecule has 1 aliphatic carbocycles. The monoisotopic (exact) mass is 394 g/mol. The molecule has 0 aromatic carbocycles. The van der Waals surface area contributed by atoms with Crippen molar-refractivity contribution in [2.24, 2.45) is 5.92 Å². The van der Waals surface area contributed by atoms with Crippen LogP contribution in [0.4, 0.5) is 17.5 Å². The summed E-state index contributed by atoms with van der Waals surface area (Å²) in [7, 11) is 0. The second-order valence-electron chi connectivity index (χ2n) is 8.01. The molecule has 0 spiro atoms. The summed E-state index contributed by atoms with van der Waals surface area (Å²) in [5.41, 5.74) is 0. The maximum atomic E-state index is 12.6. The molecule has 2 aromatic rings. The Kier molecular flexibility index (Phi) is 6.54. The topological polar surface area (TPSA) is 74.2 Å². The number of pyridine rings is 1. The summed E-state index contributed by atoms with van der Waals surface area (Å²) in [6, 6.07) is 7.66. The normalized spacial score (nSPS) is 17.9. The summed E-state index contributed by atoms with van der Waals surface area (Å²) in [6.07, 6.45) is 11.8. The molecule has 1 aliphatic heterocycles. The van der Waals surface area contributed by atoms with Crippen molar-refractivity contribution >= 4 is 23.4 Å². The zero-order chi connectivity index (χ0) is 19.9. The minimum Gasteiger partial charge on any atom is -0.353 e. The van der Waals surface area contributed by atoms with Crippen LogP contribution >= 0.6 is 0 Å². The number of aromatic nitrogens is 3. The van der Waals surface area contributed by atoms with E-state index in [9.17, 15) is 4.79 Å². The van der Waals surface area contributed by atoms with Crippen molar-refractivity contribution in [1.82, 2.24) is 19.9 Å². The van der Waals surface area contributed by atoms with Gasteiger partial charge in [0, 0.05) is 44.9 Å². The molecule has 0 bridgehead atoms. The Morgan fingerprint density at radius 1 is 1.00 bits per heavy atom. The number of carbonyl (C=O) groups is 1. The number of hydrogen-bond donors (Lipinski definition) is 1. The van der Waals surface area contributed by atoms with Crippen LogP contribution in [0.5, 0.6) is 0 Å². The van der Waals surface area contributed by atoms with Crippen LogP contribution in [0.2, 0.25) is 0 Å². The van der Waals surface area contributed by atoms with Crippen LogP contribution in [-0.2, 0) is 4.79 Å². The number of nitrogens with one attached hydrogen (secondary N) is 1. The van der Waals surface area contributed by atoms with E-state index < -0.39 is 0 Å². The van der Waals surface area contributed by atoms with Crippen LogP contribution in [0.25, 0.3) is 0 Å². The van der Waals surface area contributed by atoms with Crippen molar-refractivity contribution in [2.45, 2.75) is 44.9 Å². The highest BCUT2D eigenvalue weighted by molar-refractivity contribution is 5.76. The predicted molar refractivity (Wildman–Crippen MR) is 114 cm³/mol. The molecule has 3 heterocycles. The van der Waals surface area contributed by atoms with Crippen LogP contribution in [-0.4, -0.2) is 51.9 Å². The fourth-order valence-corrected chi connectivity index (χ4v) is 4.30. The standard InChI is InChI=1S/C22H30N6O/c29-22(10-9-18-6-2-1-3-7-18)28-14-12-27(13-15-28)21-16-20(24-17-25-21)26-19-8-4-5-11-23-19/h4-5,8,11,16-18H,1-3,6-7,9-10,12-15H2,(H,23,24,25,26). The Morgan fingerprint density at radius 2 is 1.83 bits per heavy atom. The van der Waals surface area contributed by atoms with Gasteiger partial charge in [-0.1, -0.05) is 38.2 Å². The SMILES string of the molecule is O=C(CCC1CCCCC1)N1CCN(c2cc(Nc3ccccn3)ncn2)CC1. The van der Waals surface area contributed by atoms with Crippen LogP contribution < -0.4 is 10.2 Å². The lowest BCUT2D eigenvalue weighted by molar-refractivity contribution is -0.131. The summed E-state index contributed by atoms with van der Waals surface area (Å²) < 4.78 is 0. The first kappa shape index (κ1) is 19.6. The second kappa shape index (κ2) is 9.67. The molecule has 29 heavy (non-hydrogen) atoms. The number of hydrogen-bond acceptors (Lipinski definition) is 6. The Hall–Kier alpha value is -2.70. The van der Waals surface area contributed by atoms with Gasteiger partial charge in [0.15, 0.2) is 0 Å². The van der Waals surface area contributed by atoms with Crippen molar-refractivity contribution in [3.63, 3.8) is 0 Å². The zero-order valence-electron chi connectivity index (χ0n) is 17.0. The van der Waals surface area contributed by atoms with Gasteiger partial charge in [-0.05, 0) is 24.5 Å². The van der Waals surface area contributed by atoms with Gasteiger partial charge in [0.05, 0.1) is 0 Å². The molecular formula is C22H30N6O. The molecule has 0 unspecified atom stereocenters.